The maximum absolute atomic E-state index is 12.7. The first-order valence-corrected chi connectivity index (χ1v) is 8.00. The number of imide groups is 1. The van der Waals surface area contributed by atoms with E-state index in [1.807, 2.05) is 6.92 Å². The quantitative estimate of drug-likeness (QED) is 0.585. The Morgan fingerprint density at radius 3 is 2.57 bits per heavy atom. The predicted octanol–water partition coefficient (Wildman–Crippen LogP) is 0.926. The summed E-state index contributed by atoms with van der Waals surface area (Å²) in [5, 5.41) is 2.97. The third-order valence-corrected chi connectivity index (χ3v) is 4.81. The van der Waals surface area contributed by atoms with E-state index >= 15 is 0 Å². The topological polar surface area (TPSA) is 53.9 Å². The zero-order valence-electron chi connectivity index (χ0n) is 13.5. The molecule has 2 fully saturated rings. The van der Waals surface area contributed by atoms with Crippen molar-refractivity contribution in [1.82, 2.24) is 10.2 Å². The van der Waals surface area contributed by atoms with E-state index in [0.29, 0.717) is 12.6 Å². The number of hydrogen-bond acceptors (Lipinski definition) is 2. The van der Waals surface area contributed by atoms with Crippen molar-refractivity contribution in [3.63, 3.8) is 0 Å². The number of nitrogens with one attached hydrogen (secondary N) is 2. The lowest BCUT2D eigenvalue weighted by molar-refractivity contribution is -0.900. The molecule has 5 heteroatoms. The molecule has 2 aliphatic rings. The number of carbonyl (C=O) groups is 2. The summed E-state index contributed by atoms with van der Waals surface area (Å²) in [6.45, 7) is 12.3. The van der Waals surface area contributed by atoms with E-state index in [-0.39, 0.29) is 11.9 Å². The van der Waals surface area contributed by atoms with Gasteiger partial charge in [0, 0.05) is 0 Å². The van der Waals surface area contributed by atoms with Gasteiger partial charge >= 0.3 is 6.03 Å². The van der Waals surface area contributed by atoms with Gasteiger partial charge in [-0.25, -0.2) is 9.69 Å². The van der Waals surface area contributed by atoms with E-state index in [1.165, 1.54) is 9.80 Å². The summed E-state index contributed by atoms with van der Waals surface area (Å²) in [5.41, 5.74) is 0.450. The number of carbonyl (C=O) groups excluding carboxylic acids is 2. The molecule has 0 aromatic carbocycles. The number of amides is 3. The van der Waals surface area contributed by atoms with Crippen molar-refractivity contribution in [1.29, 1.82) is 0 Å². The number of urea groups is 1. The van der Waals surface area contributed by atoms with E-state index in [0.717, 1.165) is 44.3 Å². The lowest BCUT2D eigenvalue weighted by Gasteiger charge is -2.33. The Labute approximate surface area is 127 Å². The Morgan fingerprint density at radius 1 is 1.43 bits per heavy atom. The van der Waals surface area contributed by atoms with Crippen LogP contribution in [0.5, 0.6) is 0 Å². The summed E-state index contributed by atoms with van der Waals surface area (Å²) < 4.78 is 0. The number of rotatable bonds is 5. The summed E-state index contributed by atoms with van der Waals surface area (Å²) in [6, 6.07) is -0.220. The second-order valence-corrected chi connectivity index (χ2v) is 6.82. The van der Waals surface area contributed by atoms with Crippen molar-refractivity contribution in [2.75, 3.05) is 19.8 Å². The molecule has 21 heavy (non-hydrogen) atoms. The first kappa shape index (κ1) is 16.0. The molecule has 1 aliphatic carbocycles. The molecule has 0 bridgehead atoms. The number of hydrogen-bond donors (Lipinski definition) is 2. The summed E-state index contributed by atoms with van der Waals surface area (Å²) >= 11 is 0. The zero-order chi connectivity index (χ0) is 15.6. The molecule has 1 aliphatic heterocycles. The lowest BCUT2D eigenvalue weighted by atomic mass is 9.77. The average Bonchev–Trinajstić information content (AvgIpc) is 2.65. The Balaban J connectivity index is 2.06. The second kappa shape index (κ2) is 6.18. The standard InChI is InChI=1S/C16H27N3O2/c1-5-18(10-12(2)3)11-19-14(20)16(17-15(19)21)8-6-13(4)7-9-16/h13H,2,5-11H2,1,3-4H3,(H,17,21)/p+1. The van der Waals surface area contributed by atoms with Crippen molar-refractivity contribution in [3.05, 3.63) is 12.2 Å². The second-order valence-electron chi connectivity index (χ2n) is 6.82. The van der Waals surface area contributed by atoms with Gasteiger partial charge in [-0.3, -0.25) is 4.79 Å². The van der Waals surface area contributed by atoms with Crippen molar-refractivity contribution in [2.45, 2.75) is 52.0 Å². The molecule has 5 nitrogen and oxygen atoms in total. The lowest BCUT2D eigenvalue weighted by Crippen LogP contribution is -3.13. The third-order valence-electron chi connectivity index (χ3n) is 4.81. The summed E-state index contributed by atoms with van der Waals surface area (Å²) in [6.07, 6.45) is 3.57. The molecule has 1 saturated heterocycles. The van der Waals surface area contributed by atoms with Gasteiger partial charge in [-0.1, -0.05) is 13.5 Å². The van der Waals surface area contributed by atoms with Crippen LogP contribution in [0.15, 0.2) is 12.2 Å². The van der Waals surface area contributed by atoms with Gasteiger partial charge < -0.3 is 10.2 Å². The summed E-state index contributed by atoms with van der Waals surface area (Å²) in [7, 11) is 0. The van der Waals surface area contributed by atoms with Crippen LogP contribution in [0.25, 0.3) is 0 Å². The SMILES string of the molecule is C=C(C)C[NH+](CC)CN1C(=O)NC2(CCC(C)CC2)C1=O. The maximum Gasteiger partial charge on any atom is 0.329 e. The fraction of sp³-hybridized carbons (Fsp3) is 0.750. The summed E-state index contributed by atoms with van der Waals surface area (Å²) in [5.74, 6) is 0.627. The summed E-state index contributed by atoms with van der Waals surface area (Å²) in [4.78, 5) is 27.6. The molecule has 1 atom stereocenters. The van der Waals surface area contributed by atoms with Gasteiger partial charge in [-0.05, 0) is 51.0 Å². The van der Waals surface area contributed by atoms with Gasteiger partial charge in [0.15, 0.2) is 6.67 Å². The minimum atomic E-state index is -0.619. The van der Waals surface area contributed by atoms with Crippen LogP contribution >= 0.6 is 0 Å². The molecule has 1 unspecified atom stereocenters. The highest BCUT2D eigenvalue weighted by Gasteiger charge is 2.52. The van der Waals surface area contributed by atoms with Crippen molar-refractivity contribution < 1.29 is 14.5 Å². The third kappa shape index (κ3) is 3.28. The van der Waals surface area contributed by atoms with E-state index in [2.05, 4.69) is 25.7 Å². The zero-order valence-corrected chi connectivity index (χ0v) is 13.5. The molecule has 0 aromatic heterocycles. The molecular formula is C16H28N3O2+. The van der Waals surface area contributed by atoms with Crippen molar-refractivity contribution >= 4 is 11.9 Å². The highest BCUT2D eigenvalue weighted by Crippen LogP contribution is 2.35. The maximum atomic E-state index is 12.7. The van der Waals surface area contributed by atoms with E-state index < -0.39 is 5.54 Å². The van der Waals surface area contributed by atoms with Crippen LogP contribution in [0, 0.1) is 5.92 Å². The molecule has 1 spiro atoms. The Hall–Kier alpha value is -1.36. The fourth-order valence-corrected chi connectivity index (χ4v) is 3.36. The first-order chi connectivity index (χ1) is 9.88. The average molecular weight is 294 g/mol. The molecule has 2 N–H and O–H groups in total. The Morgan fingerprint density at radius 2 is 2.05 bits per heavy atom. The van der Waals surface area contributed by atoms with Gasteiger partial charge in [-0.2, -0.15) is 0 Å². The smallest absolute Gasteiger partial charge is 0.323 e. The normalized spacial score (nSPS) is 30.6. The molecule has 1 saturated carbocycles. The molecule has 2 rings (SSSR count). The molecule has 0 radical (unpaired) electrons. The Bertz CT molecular complexity index is 439. The minimum absolute atomic E-state index is 0.0212. The van der Waals surface area contributed by atoms with E-state index in [4.69, 9.17) is 0 Å². The molecule has 118 valence electrons. The van der Waals surface area contributed by atoms with E-state index in [1.54, 1.807) is 0 Å². The molecule has 1 heterocycles. The van der Waals surface area contributed by atoms with Gasteiger partial charge in [0.2, 0.25) is 0 Å². The molecule has 3 amide bonds. The van der Waals surface area contributed by atoms with Crippen LogP contribution < -0.4 is 10.2 Å². The number of likely N-dealkylation sites (N-methyl/N-ethyl adjacent to an activating group) is 1. The van der Waals surface area contributed by atoms with Gasteiger partial charge in [0.1, 0.15) is 5.54 Å². The minimum Gasteiger partial charge on any atom is -0.323 e. The van der Waals surface area contributed by atoms with Crippen LogP contribution in [-0.2, 0) is 4.79 Å². The van der Waals surface area contributed by atoms with Crippen LogP contribution in [-0.4, -0.2) is 42.1 Å². The Kier molecular flexibility index (Phi) is 4.71. The molecular weight excluding hydrogens is 266 g/mol. The highest BCUT2D eigenvalue weighted by molar-refractivity contribution is 6.06. The monoisotopic (exact) mass is 294 g/mol. The number of nitrogens with zero attached hydrogens (tertiary/aromatic N) is 1. The van der Waals surface area contributed by atoms with E-state index in [9.17, 15) is 9.59 Å². The van der Waals surface area contributed by atoms with Crippen LogP contribution in [0.2, 0.25) is 0 Å². The fourth-order valence-electron chi connectivity index (χ4n) is 3.36. The largest absolute Gasteiger partial charge is 0.329 e. The van der Waals surface area contributed by atoms with Crippen molar-refractivity contribution in [2.24, 2.45) is 5.92 Å². The van der Waals surface area contributed by atoms with Crippen molar-refractivity contribution in [3.8, 4) is 0 Å². The number of quaternary nitrogens is 1. The van der Waals surface area contributed by atoms with Gasteiger partial charge in [0.05, 0.1) is 13.1 Å². The van der Waals surface area contributed by atoms with Gasteiger partial charge in [-0.15, -0.1) is 0 Å². The predicted molar refractivity (Wildman–Crippen MR) is 81.8 cm³/mol. The first-order valence-electron chi connectivity index (χ1n) is 8.00. The van der Waals surface area contributed by atoms with Crippen LogP contribution in [0.4, 0.5) is 4.79 Å². The van der Waals surface area contributed by atoms with Gasteiger partial charge in [0.25, 0.3) is 5.91 Å². The molecule has 0 aromatic rings. The van der Waals surface area contributed by atoms with Crippen LogP contribution in [0.3, 0.4) is 0 Å². The van der Waals surface area contributed by atoms with Crippen LogP contribution in [0.1, 0.15) is 46.5 Å². The highest BCUT2D eigenvalue weighted by atomic mass is 16.2.